The molecule has 4 aromatic carbocycles. The number of phenols is 1. The van der Waals surface area contributed by atoms with Crippen molar-refractivity contribution in [2.24, 2.45) is 0 Å². The zero-order valence-electron chi connectivity index (χ0n) is 29.7. The first-order chi connectivity index (χ1) is 23.4. The van der Waals surface area contributed by atoms with Crippen molar-refractivity contribution in [2.75, 3.05) is 0 Å². The molecule has 3 aromatic heterocycles. The average Bonchev–Trinajstić information content (AvgIpc) is 3.49. The smallest absolute Gasteiger partial charge is 0.129 e. The van der Waals surface area contributed by atoms with Crippen LogP contribution in [0.1, 0.15) is 58.2 Å². The van der Waals surface area contributed by atoms with Gasteiger partial charge < -0.3 is 9.51 Å². The van der Waals surface area contributed by atoms with Crippen molar-refractivity contribution < 1.29 is 26.2 Å². The molecule has 0 aliphatic carbocycles. The molecule has 0 saturated heterocycles. The summed E-state index contributed by atoms with van der Waals surface area (Å²) in [7, 11) is 0. The monoisotopic (exact) mass is 835 g/mol. The van der Waals surface area contributed by atoms with E-state index in [9.17, 15) is 5.11 Å². The molecule has 7 aromatic rings. The van der Waals surface area contributed by atoms with Gasteiger partial charge in [-0.1, -0.05) is 125 Å². The minimum absolute atomic E-state index is 0. The van der Waals surface area contributed by atoms with Crippen molar-refractivity contribution in [3.8, 4) is 61.9 Å². The van der Waals surface area contributed by atoms with Gasteiger partial charge in [0.2, 0.25) is 0 Å². The number of imidazole rings is 1. The molecule has 0 aliphatic rings. The van der Waals surface area contributed by atoms with Crippen LogP contribution in [0.2, 0.25) is 0 Å². The van der Waals surface area contributed by atoms with Crippen LogP contribution in [-0.2, 0) is 31.9 Å². The van der Waals surface area contributed by atoms with E-state index in [1.807, 2.05) is 49.4 Å². The Morgan fingerprint density at radius 1 is 0.600 bits per heavy atom. The summed E-state index contributed by atoms with van der Waals surface area (Å²) in [4.78, 5) is 10.3. The average molecular weight is 836 g/mol. The predicted octanol–water partition coefficient (Wildman–Crippen LogP) is 11.5. The molecule has 0 radical (unpaired) electrons. The van der Waals surface area contributed by atoms with Crippen LogP contribution in [0.5, 0.6) is 5.75 Å². The quantitative estimate of drug-likeness (QED) is 0.176. The van der Waals surface area contributed by atoms with Crippen molar-refractivity contribution in [3.63, 3.8) is 0 Å². The van der Waals surface area contributed by atoms with E-state index in [0.717, 1.165) is 56.1 Å². The van der Waals surface area contributed by atoms with E-state index >= 15 is 0 Å². The maximum Gasteiger partial charge on any atom is 0.129 e. The van der Waals surface area contributed by atoms with Crippen molar-refractivity contribution >= 4 is 5.65 Å². The number of phenolic OH excluding ortho intramolecular Hbond substituents is 1. The molecule has 7 rings (SSSR count). The van der Waals surface area contributed by atoms with Crippen LogP contribution in [0.15, 0.2) is 121 Å². The van der Waals surface area contributed by atoms with Crippen LogP contribution in [0.4, 0.5) is 0 Å². The standard InChI is InChI=1S/C45H42N3O.Pt/c1-29-15-13-20-37(43(29)49)39-27-34(33-24-35(44(2,3)4)28-36(25-33)45(5,6)7)26-38(46-39)31-18-14-19-32(23-31)41-42(30-16-9-8-10-17-30)48-22-12-11-21-40(48)47-41;/h8-22,24-28,49H,1-7H3;/q-1;. The van der Waals surface area contributed by atoms with Gasteiger partial charge in [-0.3, -0.25) is 9.97 Å². The molecule has 0 saturated carbocycles. The number of benzene rings is 4. The second kappa shape index (κ2) is 13.5. The molecule has 5 heteroatoms. The summed E-state index contributed by atoms with van der Waals surface area (Å²) >= 11 is 0. The predicted molar refractivity (Wildman–Crippen MR) is 203 cm³/mol. The third-order valence-electron chi connectivity index (χ3n) is 9.24. The third-order valence-corrected chi connectivity index (χ3v) is 9.24. The summed E-state index contributed by atoms with van der Waals surface area (Å²) < 4.78 is 2.14. The number of para-hydroxylation sites is 1. The van der Waals surface area contributed by atoms with Crippen LogP contribution in [0, 0.1) is 13.0 Å². The number of nitrogens with zero attached hydrogens (tertiary/aromatic N) is 3. The van der Waals surface area contributed by atoms with Gasteiger partial charge in [-0.05, 0) is 75.4 Å². The number of hydrogen-bond donors (Lipinski definition) is 1. The van der Waals surface area contributed by atoms with E-state index in [0.29, 0.717) is 11.3 Å². The van der Waals surface area contributed by atoms with Crippen LogP contribution < -0.4 is 0 Å². The Labute approximate surface area is 310 Å². The minimum Gasteiger partial charge on any atom is -0.507 e. The molecule has 0 amide bonds. The molecule has 0 fully saturated rings. The molecule has 50 heavy (non-hydrogen) atoms. The van der Waals surface area contributed by atoms with Crippen LogP contribution in [0.3, 0.4) is 0 Å². The Hall–Kier alpha value is -4.79. The van der Waals surface area contributed by atoms with E-state index in [1.54, 1.807) is 0 Å². The molecule has 254 valence electrons. The van der Waals surface area contributed by atoms with Crippen molar-refractivity contribution in [1.82, 2.24) is 14.4 Å². The van der Waals surface area contributed by atoms with Crippen LogP contribution >= 0.6 is 0 Å². The van der Waals surface area contributed by atoms with Crippen molar-refractivity contribution in [2.45, 2.75) is 59.3 Å². The summed E-state index contributed by atoms with van der Waals surface area (Å²) in [5.74, 6) is 0.242. The second-order valence-corrected chi connectivity index (χ2v) is 15.0. The summed E-state index contributed by atoms with van der Waals surface area (Å²) in [6.45, 7) is 15.5. The summed E-state index contributed by atoms with van der Waals surface area (Å²) in [6.07, 6.45) is 2.06. The molecule has 0 unspecified atom stereocenters. The molecule has 0 atom stereocenters. The third kappa shape index (κ3) is 6.82. The van der Waals surface area contributed by atoms with Gasteiger partial charge in [-0.2, -0.15) is 0 Å². The zero-order chi connectivity index (χ0) is 34.5. The SMILES string of the molecule is Cc1cccc(-c2cc(-c3cc(C(C)(C)C)cc(C(C)(C)C)c3)cc(-c3[c-]c(-c4nc5ccccn5c4-c4ccccc4)ccc3)n2)c1O.[Pt]. The van der Waals surface area contributed by atoms with Gasteiger partial charge in [0.25, 0.3) is 0 Å². The summed E-state index contributed by atoms with van der Waals surface area (Å²) in [5, 5.41) is 11.2. The van der Waals surface area contributed by atoms with Crippen molar-refractivity contribution in [1.29, 1.82) is 0 Å². The first-order valence-corrected chi connectivity index (χ1v) is 16.9. The Kier molecular flexibility index (Phi) is 9.46. The van der Waals surface area contributed by atoms with E-state index in [-0.39, 0.29) is 37.6 Å². The van der Waals surface area contributed by atoms with Crippen molar-refractivity contribution in [3.05, 3.63) is 144 Å². The van der Waals surface area contributed by atoms with Gasteiger partial charge in [0.05, 0.1) is 5.69 Å². The first kappa shape index (κ1) is 35.0. The topological polar surface area (TPSA) is 50.4 Å². The molecule has 0 bridgehead atoms. The Morgan fingerprint density at radius 3 is 1.92 bits per heavy atom. The minimum atomic E-state index is -0.0316. The molecule has 0 aliphatic heterocycles. The van der Waals surface area contributed by atoms with Gasteiger partial charge in [0, 0.05) is 49.9 Å². The number of aromatic nitrogens is 3. The van der Waals surface area contributed by atoms with E-state index in [2.05, 4.69) is 131 Å². The van der Waals surface area contributed by atoms with Gasteiger partial charge in [0.15, 0.2) is 0 Å². The normalized spacial score (nSPS) is 11.8. The van der Waals surface area contributed by atoms with Gasteiger partial charge in [-0.25, -0.2) is 0 Å². The number of hydrogen-bond acceptors (Lipinski definition) is 3. The number of pyridine rings is 2. The number of rotatable bonds is 5. The van der Waals surface area contributed by atoms with Gasteiger partial charge in [0.1, 0.15) is 11.4 Å². The fourth-order valence-electron chi connectivity index (χ4n) is 6.31. The van der Waals surface area contributed by atoms with E-state index < -0.39 is 0 Å². The molecule has 3 heterocycles. The maximum atomic E-state index is 11.2. The number of aryl methyl sites for hydroxylation is 1. The largest absolute Gasteiger partial charge is 0.507 e. The molecule has 4 nitrogen and oxygen atoms in total. The van der Waals surface area contributed by atoms with Gasteiger partial charge >= 0.3 is 0 Å². The summed E-state index contributed by atoms with van der Waals surface area (Å²) in [6, 6.07) is 43.4. The molecule has 1 N–H and O–H groups in total. The Balaban J connectivity index is 0.00000432. The van der Waals surface area contributed by atoms with Crippen LogP contribution in [0.25, 0.3) is 61.8 Å². The molecular weight excluding hydrogens is 794 g/mol. The number of fused-ring (bicyclic) bond motifs is 1. The fourth-order valence-corrected chi connectivity index (χ4v) is 6.31. The molecular formula is C45H42N3OPt-. The first-order valence-electron chi connectivity index (χ1n) is 16.9. The molecule has 0 spiro atoms. The summed E-state index contributed by atoms with van der Waals surface area (Å²) in [5.41, 5.74) is 13.2. The Bertz CT molecular complexity index is 2290. The zero-order valence-corrected chi connectivity index (χ0v) is 31.9. The maximum absolute atomic E-state index is 11.2. The fraction of sp³-hybridized carbons (Fsp3) is 0.200. The van der Waals surface area contributed by atoms with E-state index in [1.165, 1.54) is 11.1 Å². The Morgan fingerprint density at radius 2 is 1.22 bits per heavy atom. The van der Waals surface area contributed by atoms with Gasteiger partial charge in [-0.15, -0.1) is 24.3 Å². The van der Waals surface area contributed by atoms with Crippen LogP contribution in [-0.4, -0.2) is 19.5 Å². The van der Waals surface area contributed by atoms with E-state index in [4.69, 9.17) is 9.97 Å². The number of aromatic hydroxyl groups is 1. The second-order valence-electron chi connectivity index (χ2n) is 15.0.